The molecule has 152 valence electrons. The van der Waals surface area contributed by atoms with Crippen LogP contribution in [0.5, 0.6) is 0 Å². The number of ether oxygens (including phenoxy) is 1. The molecule has 1 aliphatic rings. The monoisotopic (exact) mass is 364 g/mol. The van der Waals surface area contributed by atoms with E-state index in [1.54, 1.807) is 0 Å². The first-order chi connectivity index (χ1) is 12.8. The molecule has 0 aromatic heterocycles. The van der Waals surface area contributed by atoms with Gasteiger partial charge < -0.3 is 4.74 Å². The Hall–Kier alpha value is -0.790. The third-order valence-corrected chi connectivity index (χ3v) is 5.49. The van der Waals surface area contributed by atoms with Crippen molar-refractivity contribution in [2.75, 3.05) is 0 Å². The van der Waals surface area contributed by atoms with Gasteiger partial charge in [-0.25, -0.2) is 0 Å². The Balaban J connectivity index is 1.77. The van der Waals surface area contributed by atoms with Crippen LogP contribution in [-0.4, -0.2) is 12.1 Å². The van der Waals surface area contributed by atoms with E-state index >= 15 is 0 Å². The molecule has 26 heavy (non-hydrogen) atoms. The lowest BCUT2D eigenvalue weighted by Crippen LogP contribution is -2.20. The van der Waals surface area contributed by atoms with Crippen molar-refractivity contribution in [2.45, 2.75) is 135 Å². The van der Waals surface area contributed by atoms with E-state index in [2.05, 4.69) is 19.1 Å². The Labute approximate surface area is 163 Å². The molecule has 0 aromatic rings. The molecule has 0 aliphatic heterocycles. The summed E-state index contributed by atoms with van der Waals surface area (Å²) in [4.78, 5) is 11.8. The fourth-order valence-electron chi connectivity index (χ4n) is 3.77. The number of hydrogen-bond acceptors (Lipinski definition) is 2. The van der Waals surface area contributed by atoms with Gasteiger partial charge in [0.2, 0.25) is 0 Å². The number of rotatable bonds is 16. The molecule has 1 fully saturated rings. The standard InChI is InChI=1S/C24H44O2/c1-2-3-4-5-6-7-8-9-10-11-12-13-14-15-19-22-24(25)26-23-20-17-16-18-21-23/h7-8,23H,2-6,9-22H2,1H3/b8-7+. The zero-order valence-electron chi connectivity index (χ0n) is 17.5. The maximum atomic E-state index is 11.8. The predicted molar refractivity (Wildman–Crippen MR) is 112 cm³/mol. The number of allylic oxidation sites excluding steroid dienone is 2. The van der Waals surface area contributed by atoms with Crippen LogP contribution in [0, 0.1) is 0 Å². The summed E-state index contributed by atoms with van der Waals surface area (Å²) in [5, 5.41) is 0. The van der Waals surface area contributed by atoms with Crippen molar-refractivity contribution in [1.82, 2.24) is 0 Å². The smallest absolute Gasteiger partial charge is 0.306 e. The van der Waals surface area contributed by atoms with Gasteiger partial charge in [-0.1, -0.05) is 76.9 Å². The molecular weight excluding hydrogens is 320 g/mol. The van der Waals surface area contributed by atoms with Crippen molar-refractivity contribution in [3.8, 4) is 0 Å². The predicted octanol–water partition coefficient (Wildman–Crippen LogP) is 7.90. The maximum absolute atomic E-state index is 11.8. The molecule has 2 heteroatoms. The summed E-state index contributed by atoms with van der Waals surface area (Å²) in [6, 6.07) is 0. The SMILES string of the molecule is CCCCCC/C=C/CCCCCCCCCC(=O)OC1CCCCC1. The van der Waals surface area contributed by atoms with Crippen molar-refractivity contribution in [1.29, 1.82) is 0 Å². The summed E-state index contributed by atoms with van der Waals surface area (Å²) in [6.07, 6.45) is 28.3. The highest BCUT2D eigenvalue weighted by Gasteiger charge is 2.17. The minimum absolute atomic E-state index is 0.0402. The number of carbonyl (C=O) groups excluding carboxylic acids is 1. The average Bonchev–Trinajstić information content (AvgIpc) is 2.65. The van der Waals surface area contributed by atoms with Gasteiger partial charge in [-0.3, -0.25) is 4.79 Å². The van der Waals surface area contributed by atoms with Crippen molar-refractivity contribution < 1.29 is 9.53 Å². The number of esters is 1. The molecule has 0 saturated heterocycles. The first-order valence-electron chi connectivity index (χ1n) is 11.7. The highest BCUT2D eigenvalue weighted by atomic mass is 16.5. The van der Waals surface area contributed by atoms with Gasteiger partial charge in [0.15, 0.2) is 0 Å². The zero-order chi connectivity index (χ0) is 18.7. The fraction of sp³-hybridized carbons (Fsp3) is 0.875. The molecule has 0 heterocycles. The molecule has 0 atom stereocenters. The Bertz CT molecular complexity index is 342. The normalized spacial score (nSPS) is 15.6. The van der Waals surface area contributed by atoms with E-state index < -0.39 is 0 Å². The lowest BCUT2D eigenvalue weighted by atomic mass is 9.98. The van der Waals surface area contributed by atoms with Crippen LogP contribution in [0.2, 0.25) is 0 Å². The van der Waals surface area contributed by atoms with Crippen molar-refractivity contribution in [2.24, 2.45) is 0 Å². The molecule has 0 radical (unpaired) electrons. The second-order valence-corrected chi connectivity index (χ2v) is 8.08. The van der Waals surface area contributed by atoms with E-state index in [1.807, 2.05) is 0 Å². The van der Waals surface area contributed by atoms with Crippen LogP contribution < -0.4 is 0 Å². The molecular formula is C24H44O2. The molecule has 0 spiro atoms. The van der Waals surface area contributed by atoms with Crippen LogP contribution in [-0.2, 0) is 9.53 Å². The minimum Gasteiger partial charge on any atom is -0.462 e. The van der Waals surface area contributed by atoms with Gasteiger partial charge in [0.05, 0.1) is 0 Å². The van der Waals surface area contributed by atoms with Gasteiger partial charge in [-0.15, -0.1) is 0 Å². The molecule has 0 bridgehead atoms. The summed E-state index contributed by atoms with van der Waals surface area (Å²) in [6.45, 7) is 2.27. The molecule has 0 N–H and O–H groups in total. The Morgan fingerprint density at radius 1 is 0.769 bits per heavy atom. The van der Waals surface area contributed by atoms with Crippen molar-refractivity contribution in [3.05, 3.63) is 12.2 Å². The van der Waals surface area contributed by atoms with Crippen LogP contribution in [0.4, 0.5) is 0 Å². The number of unbranched alkanes of at least 4 members (excludes halogenated alkanes) is 11. The minimum atomic E-state index is 0.0402. The second kappa shape index (κ2) is 17.6. The van der Waals surface area contributed by atoms with Crippen LogP contribution in [0.15, 0.2) is 12.2 Å². The van der Waals surface area contributed by atoms with Crippen molar-refractivity contribution >= 4 is 5.97 Å². The van der Waals surface area contributed by atoms with E-state index in [4.69, 9.17) is 4.74 Å². The third kappa shape index (κ3) is 14.4. The Kier molecular flexibility index (Phi) is 15.8. The molecule has 2 nitrogen and oxygen atoms in total. The molecule has 1 aliphatic carbocycles. The number of carbonyl (C=O) groups is 1. The van der Waals surface area contributed by atoms with E-state index in [0.29, 0.717) is 6.42 Å². The molecule has 0 amide bonds. The zero-order valence-corrected chi connectivity index (χ0v) is 17.5. The van der Waals surface area contributed by atoms with Gasteiger partial charge in [0.25, 0.3) is 0 Å². The van der Waals surface area contributed by atoms with E-state index in [-0.39, 0.29) is 12.1 Å². The summed E-state index contributed by atoms with van der Waals surface area (Å²) in [5.74, 6) is 0.0402. The lowest BCUT2D eigenvalue weighted by molar-refractivity contribution is -0.150. The summed E-state index contributed by atoms with van der Waals surface area (Å²) in [5.41, 5.74) is 0. The lowest BCUT2D eigenvalue weighted by Gasteiger charge is -2.21. The van der Waals surface area contributed by atoms with Crippen LogP contribution in [0.25, 0.3) is 0 Å². The van der Waals surface area contributed by atoms with E-state index in [9.17, 15) is 4.79 Å². The van der Waals surface area contributed by atoms with Gasteiger partial charge in [0, 0.05) is 6.42 Å². The van der Waals surface area contributed by atoms with Crippen molar-refractivity contribution in [3.63, 3.8) is 0 Å². The molecule has 1 saturated carbocycles. The highest BCUT2D eigenvalue weighted by Crippen LogP contribution is 2.21. The fourth-order valence-corrected chi connectivity index (χ4v) is 3.77. The first kappa shape index (κ1) is 23.2. The second-order valence-electron chi connectivity index (χ2n) is 8.08. The summed E-state index contributed by atoms with van der Waals surface area (Å²) < 4.78 is 5.57. The van der Waals surface area contributed by atoms with Gasteiger partial charge >= 0.3 is 5.97 Å². The summed E-state index contributed by atoms with van der Waals surface area (Å²) in [7, 11) is 0. The van der Waals surface area contributed by atoms with Gasteiger partial charge in [-0.05, 0) is 57.8 Å². The maximum Gasteiger partial charge on any atom is 0.306 e. The van der Waals surface area contributed by atoms with Crippen LogP contribution in [0.1, 0.15) is 129 Å². The third-order valence-electron chi connectivity index (χ3n) is 5.49. The highest BCUT2D eigenvalue weighted by molar-refractivity contribution is 5.69. The molecule has 1 rings (SSSR count). The molecule has 0 aromatic carbocycles. The van der Waals surface area contributed by atoms with Gasteiger partial charge in [-0.2, -0.15) is 0 Å². The average molecular weight is 365 g/mol. The Morgan fingerprint density at radius 2 is 1.31 bits per heavy atom. The topological polar surface area (TPSA) is 26.3 Å². The Morgan fingerprint density at radius 3 is 1.92 bits per heavy atom. The number of hydrogen-bond donors (Lipinski definition) is 0. The first-order valence-corrected chi connectivity index (χ1v) is 11.7. The van der Waals surface area contributed by atoms with E-state index in [0.717, 1.165) is 19.3 Å². The van der Waals surface area contributed by atoms with E-state index in [1.165, 1.54) is 96.3 Å². The molecule has 0 unspecified atom stereocenters. The summed E-state index contributed by atoms with van der Waals surface area (Å²) >= 11 is 0. The quantitative estimate of drug-likeness (QED) is 0.158. The van der Waals surface area contributed by atoms with Crippen LogP contribution in [0.3, 0.4) is 0 Å². The largest absolute Gasteiger partial charge is 0.462 e. The van der Waals surface area contributed by atoms with Crippen LogP contribution >= 0.6 is 0 Å². The van der Waals surface area contributed by atoms with Gasteiger partial charge in [0.1, 0.15) is 6.10 Å².